The molecule has 1 rings (SSSR count). The predicted octanol–water partition coefficient (Wildman–Crippen LogP) is 1.41. The lowest BCUT2D eigenvalue weighted by atomic mass is 10.2. The summed E-state index contributed by atoms with van der Waals surface area (Å²) in [6.07, 6.45) is 0. The van der Waals surface area contributed by atoms with E-state index in [1.54, 1.807) is 0 Å². The van der Waals surface area contributed by atoms with Gasteiger partial charge in [0.05, 0.1) is 12.4 Å². The highest BCUT2D eigenvalue weighted by atomic mass is 79.9. The van der Waals surface area contributed by atoms with Gasteiger partial charge in [-0.05, 0) is 30.7 Å². The van der Waals surface area contributed by atoms with Gasteiger partial charge >= 0.3 is 5.97 Å². The second-order valence-electron chi connectivity index (χ2n) is 3.84. The number of rotatable bonds is 6. The summed E-state index contributed by atoms with van der Waals surface area (Å²) in [5.41, 5.74) is 1.03. The highest BCUT2D eigenvalue weighted by Crippen LogP contribution is 2.25. The second kappa shape index (κ2) is 7.52. The van der Waals surface area contributed by atoms with E-state index in [1.165, 1.54) is 11.8 Å². The van der Waals surface area contributed by atoms with E-state index in [9.17, 15) is 9.59 Å². The zero-order valence-corrected chi connectivity index (χ0v) is 12.6. The summed E-state index contributed by atoms with van der Waals surface area (Å²) >= 11 is 4.67. The normalized spacial score (nSPS) is 11.9. The molecule has 104 valence electrons. The number of aliphatic hydroxyl groups excluding tert-OH is 1. The van der Waals surface area contributed by atoms with Crippen molar-refractivity contribution in [2.24, 2.45) is 0 Å². The fraction of sp³-hybridized carbons (Fsp3) is 0.333. The first-order chi connectivity index (χ1) is 8.93. The number of hydrogen-bond acceptors (Lipinski definition) is 4. The first kappa shape index (κ1) is 16.0. The fourth-order valence-corrected chi connectivity index (χ4v) is 2.64. The smallest absolute Gasteiger partial charge is 0.328 e. The van der Waals surface area contributed by atoms with Crippen LogP contribution >= 0.6 is 27.7 Å². The molecule has 1 aromatic carbocycles. The molecule has 0 unspecified atom stereocenters. The van der Waals surface area contributed by atoms with Crippen LogP contribution in [0, 0.1) is 6.92 Å². The number of nitrogens with one attached hydrogen (secondary N) is 1. The first-order valence-electron chi connectivity index (χ1n) is 5.46. The minimum Gasteiger partial charge on any atom is -0.480 e. The number of carboxylic acid groups (broad SMARTS) is 1. The largest absolute Gasteiger partial charge is 0.480 e. The summed E-state index contributed by atoms with van der Waals surface area (Å²) < 4.78 is 0.963. The molecule has 0 aliphatic carbocycles. The summed E-state index contributed by atoms with van der Waals surface area (Å²) in [5.74, 6) is -1.57. The molecule has 19 heavy (non-hydrogen) atoms. The van der Waals surface area contributed by atoms with Gasteiger partial charge in [-0.2, -0.15) is 0 Å². The van der Waals surface area contributed by atoms with Crippen molar-refractivity contribution in [3.8, 4) is 0 Å². The van der Waals surface area contributed by atoms with Crippen LogP contribution < -0.4 is 5.32 Å². The van der Waals surface area contributed by atoms with E-state index in [2.05, 4.69) is 21.2 Å². The van der Waals surface area contributed by atoms with E-state index < -0.39 is 24.5 Å². The van der Waals surface area contributed by atoms with Crippen molar-refractivity contribution in [1.29, 1.82) is 0 Å². The van der Waals surface area contributed by atoms with Crippen molar-refractivity contribution in [1.82, 2.24) is 5.32 Å². The molecule has 1 amide bonds. The predicted molar refractivity (Wildman–Crippen MR) is 76.3 cm³/mol. The Morgan fingerprint density at radius 2 is 2.16 bits per heavy atom. The molecule has 0 saturated heterocycles. The lowest BCUT2D eigenvalue weighted by Gasteiger charge is -2.11. The number of amides is 1. The topological polar surface area (TPSA) is 86.6 Å². The molecule has 0 saturated carbocycles. The highest BCUT2D eigenvalue weighted by molar-refractivity contribution is 9.10. The lowest BCUT2D eigenvalue weighted by molar-refractivity contribution is -0.142. The first-order valence-corrected chi connectivity index (χ1v) is 7.24. The Labute approximate surface area is 123 Å². The van der Waals surface area contributed by atoms with Gasteiger partial charge in [0.25, 0.3) is 0 Å². The molecule has 1 atom stereocenters. The number of benzene rings is 1. The summed E-state index contributed by atoms with van der Waals surface area (Å²) in [7, 11) is 0. The van der Waals surface area contributed by atoms with Crippen molar-refractivity contribution < 1.29 is 19.8 Å². The molecule has 0 aliphatic rings. The molecule has 0 heterocycles. The van der Waals surface area contributed by atoms with Crippen LogP contribution in [0.15, 0.2) is 27.6 Å². The van der Waals surface area contributed by atoms with Gasteiger partial charge < -0.3 is 15.5 Å². The number of hydrogen-bond donors (Lipinski definition) is 3. The molecule has 0 fully saturated rings. The third kappa shape index (κ3) is 5.22. The molecular formula is C12H14BrNO4S. The number of carbonyl (C=O) groups excluding carboxylic acids is 1. The van der Waals surface area contributed by atoms with E-state index in [0.717, 1.165) is 14.9 Å². The van der Waals surface area contributed by atoms with Crippen molar-refractivity contribution in [2.75, 3.05) is 12.4 Å². The van der Waals surface area contributed by atoms with E-state index in [4.69, 9.17) is 10.2 Å². The Kier molecular flexibility index (Phi) is 6.33. The lowest BCUT2D eigenvalue weighted by Crippen LogP contribution is -2.44. The van der Waals surface area contributed by atoms with Crippen molar-refractivity contribution >= 4 is 39.6 Å². The van der Waals surface area contributed by atoms with Gasteiger partial charge in [-0.1, -0.05) is 15.9 Å². The van der Waals surface area contributed by atoms with Gasteiger partial charge in [-0.3, -0.25) is 4.79 Å². The van der Waals surface area contributed by atoms with Crippen molar-refractivity contribution in [3.05, 3.63) is 28.2 Å². The molecule has 0 bridgehead atoms. The Morgan fingerprint density at radius 3 is 2.68 bits per heavy atom. The van der Waals surface area contributed by atoms with Gasteiger partial charge in [0.2, 0.25) is 5.91 Å². The van der Waals surface area contributed by atoms with Crippen LogP contribution in [0.2, 0.25) is 0 Å². The molecular weight excluding hydrogens is 334 g/mol. The van der Waals surface area contributed by atoms with Crippen LogP contribution in [0.4, 0.5) is 0 Å². The van der Waals surface area contributed by atoms with Crippen molar-refractivity contribution in [2.45, 2.75) is 17.9 Å². The molecule has 0 aromatic heterocycles. The maximum absolute atomic E-state index is 11.6. The monoisotopic (exact) mass is 347 g/mol. The Hall–Kier alpha value is -1.05. The van der Waals surface area contributed by atoms with Gasteiger partial charge in [0, 0.05) is 9.37 Å². The van der Waals surface area contributed by atoms with E-state index >= 15 is 0 Å². The molecule has 3 N–H and O–H groups in total. The van der Waals surface area contributed by atoms with Crippen molar-refractivity contribution in [3.63, 3.8) is 0 Å². The number of thioether (sulfide) groups is 1. The van der Waals surface area contributed by atoms with Crippen LogP contribution in [0.25, 0.3) is 0 Å². The summed E-state index contributed by atoms with van der Waals surface area (Å²) in [4.78, 5) is 23.2. The third-order valence-electron chi connectivity index (χ3n) is 2.31. The summed E-state index contributed by atoms with van der Waals surface area (Å²) in [6.45, 7) is 1.31. The molecule has 7 heteroatoms. The number of carbonyl (C=O) groups is 2. The number of aryl methyl sites for hydroxylation is 1. The van der Waals surface area contributed by atoms with E-state index in [-0.39, 0.29) is 5.75 Å². The number of aliphatic carboxylic acids is 1. The standard InChI is InChI=1S/C12H14BrNO4S/c1-7-4-8(13)2-3-10(7)19-6-11(16)14-9(5-15)12(17)18/h2-4,9,15H,5-6H2,1H3,(H,14,16)(H,17,18)/t9-/m0/s1. The zero-order valence-electron chi connectivity index (χ0n) is 10.2. The Morgan fingerprint density at radius 1 is 1.47 bits per heavy atom. The average Bonchev–Trinajstić information content (AvgIpc) is 2.34. The molecule has 0 radical (unpaired) electrons. The maximum atomic E-state index is 11.6. The molecule has 5 nitrogen and oxygen atoms in total. The van der Waals surface area contributed by atoms with Gasteiger partial charge in [-0.15, -0.1) is 11.8 Å². The number of carboxylic acids is 1. The summed E-state index contributed by atoms with van der Waals surface area (Å²) in [5, 5.41) is 19.7. The van der Waals surface area contributed by atoms with Gasteiger partial charge in [0.1, 0.15) is 6.04 Å². The second-order valence-corrected chi connectivity index (χ2v) is 5.77. The fourth-order valence-electron chi connectivity index (χ4n) is 1.34. The van der Waals surface area contributed by atoms with Crippen LogP contribution in [-0.2, 0) is 9.59 Å². The molecule has 1 aromatic rings. The molecule has 0 spiro atoms. The third-order valence-corrected chi connectivity index (χ3v) is 3.98. The average molecular weight is 348 g/mol. The van der Waals surface area contributed by atoms with Crippen LogP contribution in [0.5, 0.6) is 0 Å². The quantitative estimate of drug-likeness (QED) is 0.677. The van der Waals surface area contributed by atoms with E-state index in [1.807, 2.05) is 25.1 Å². The zero-order chi connectivity index (χ0) is 14.4. The highest BCUT2D eigenvalue weighted by Gasteiger charge is 2.18. The minimum atomic E-state index is -1.25. The minimum absolute atomic E-state index is 0.103. The maximum Gasteiger partial charge on any atom is 0.328 e. The Bertz CT molecular complexity index is 481. The van der Waals surface area contributed by atoms with Crippen LogP contribution in [0.3, 0.4) is 0 Å². The Balaban J connectivity index is 2.52. The van der Waals surface area contributed by atoms with E-state index in [0.29, 0.717) is 0 Å². The molecule has 0 aliphatic heterocycles. The summed E-state index contributed by atoms with van der Waals surface area (Å²) in [6, 6.07) is 4.45. The number of halogens is 1. The van der Waals surface area contributed by atoms with Crippen LogP contribution in [0.1, 0.15) is 5.56 Å². The SMILES string of the molecule is Cc1cc(Br)ccc1SCC(=O)N[C@@H](CO)C(=O)O. The van der Waals surface area contributed by atoms with Gasteiger partial charge in [0.15, 0.2) is 0 Å². The van der Waals surface area contributed by atoms with Crippen LogP contribution in [-0.4, -0.2) is 40.5 Å². The number of aliphatic hydroxyl groups is 1. The van der Waals surface area contributed by atoms with Gasteiger partial charge in [-0.25, -0.2) is 4.79 Å².